The predicted molar refractivity (Wildman–Crippen MR) is 80.0 cm³/mol. The number of hydrogen-bond acceptors (Lipinski definition) is 2. The third-order valence-corrected chi connectivity index (χ3v) is 4.13. The van der Waals surface area contributed by atoms with Crippen molar-refractivity contribution in [1.82, 2.24) is 9.55 Å². The third-order valence-electron chi connectivity index (χ3n) is 4.13. The van der Waals surface area contributed by atoms with Crippen molar-refractivity contribution in [3.63, 3.8) is 0 Å². The zero-order chi connectivity index (χ0) is 13.6. The van der Waals surface area contributed by atoms with E-state index < -0.39 is 0 Å². The van der Waals surface area contributed by atoms with Crippen LogP contribution >= 0.6 is 0 Å². The standard InChI is InChI=1S/C17H22N2O/c1-2-6-15(7-3-1)16-8-4-5-9-17(16)20-13-12-19-11-10-18-14-19/h4-5,8-11,14-15H,1-3,6-7,12-13H2. The molecule has 1 fully saturated rings. The van der Waals surface area contributed by atoms with Crippen molar-refractivity contribution in [3.8, 4) is 5.75 Å². The van der Waals surface area contributed by atoms with Crippen LogP contribution in [-0.2, 0) is 6.54 Å². The maximum Gasteiger partial charge on any atom is 0.122 e. The van der Waals surface area contributed by atoms with Gasteiger partial charge in [-0.3, -0.25) is 0 Å². The number of benzene rings is 1. The van der Waals surface area contributed by atoms with Crippen LogP contribution in [0.25, 0.3) is 0 Å². The summed E-state index contributed by atoms with van der Waals surface area (Å²) in [7, 11) is 0. The van der Waals surface area contributed by atoms with E-state index in [0.717, 1.165) is 12.3 Å². The summed E-state index contributed by atoms with van der Waals surface area (Å²) in [6.45, 7) is 1.54. The Morgan fingerprint density at radius 1 is 1.15 bits per heavy atom. The van der Waals surface area contributed by atoms with Gasteiger partial charge in [-0.2, -0.15) is 0 Å². The van der Waals surface area contributed by atoms with Crippen LogP contribution in [0.3, 0.4) is 0 Å². The van der Waals surface area contributed by atoms with Gasteiger partial charge < -0.3 is 9.30 Å². The van der Waals surface area contributed by atoms with E-state index in [9.17, 15) is 0 Å². The minimum absolute atomic E-state index is 0.688. The van der Waals surface area contributed by atoms with Crippen LogP contribution in [0.2, 0.25) is 0 Å². The second-order valence-electron chi connectivity index (χ2n) is 5.52. The second-order valence-corrected chi connectivity index (χ2v) is 5.52. The van der Waals surface area contributed by atoms with Crippen LogP contribution in [0.5, 0.6) is 5.75 Å². The largest absolute Gasteiger partial charge is 0.491 e. The molecule has 3 heteroatoms. The fourth-order valence-corrected chi connectivity index (χ4v) is 3.04. The summed E-state index contributed by atoms with van der Waals surface area (Å²) in [4.78, 5) is 4.05. The van der Waals surface area contributed by atoms with E-state index in [1.165, 1.54) is 37.7 Å². The first-order valence-corrected chi connectivity index (χ1v) is 7.61. The first kappa shape index (κ1) is 13.2. The summed E-state index contributed by atoms with van der Waals surface area (Å²) in [6.07, 6.45) is 12.3. The van der Waals surface area contributed by atoms with E-state index in [0.29, 0.717) is 12.5 Å². The lowest BCUT2D eigenvalue weighted by Gasteiger charge is -2.24. The molecule has 1 aliphatic rings. The lowest BCUT2D eigenvalue weighted by molar-refractivity contribution is 0.290. The average Bonchev–Trinajstić information content (AvgIpc) is 3.02. The second kappa shape index (κ2) is 6.60. The summed E-state index contributed by atoms with van der Waals surface area (Å²) in [5.41, 5.74) is 1.40. The average molecular weight is 270 g/mol. The molecule has 0 bridgehead atoms. The van der Waals surface area contributed by atoms with Crippen LogP contribution in [0.4, 0.5) is 0 Å². The van der Waals surface area contributed by atoms with Gasteiger partial charge in [0.1, 0.15) is 12.4 Å². The number of ether oxygens (including phenoxy) is 1. The molecule has 0 N–H and O–H groups in total. The predicted octanol–water partition coefficient (Wildman–Crippen LogP) is 4.01. The molecule has 0 unspecified atom stereocenters. The summed E-state index contributed by atoms with van der Waals surface area (Å²) in [5, 5.41) is 0. The molecule has 20 heavy (non-hydrogen) atoms. The van der Waals surface area contributed by atoms with E-state index in [2.05, 4.69) is 29.2 Å². The molecule has 0 spiro atoms. The smallest absolute Gasteiger partial charge is 0.122 e. The van der Waals surface area contributed by atoms with Crippen LogP contribution in [0.1, 0.15) is 43.6 Å². The van der Waals surface area contributed by atoms with Crippen molar-refractivity contribution in [2.45, 2.75) is 44.6 Å². The SMILES string of the molecule is c1ccc(C2CCCCC2)c(OCCn2ccnc2)c1. The highest BCUT2D eigenvalue weighted by atomic mass is 16.5. The van der Waals surface area contributed by atoms with Gasteiger partial charge in [0.15, 0.2) is 0 Å². The molecule has 1 saturated carbocycles. The molecular weight excluding hydrogens is 248 g/mol. The quantitative estimate of drug-likeness (QED) is 0.820. The van der Waals surface area contributed by atoms with E-state index in [-0.39, 0.29) is 0 Å². The first-order chi connectivity index (χ1) is 9.93. The van der Waals surface area contributed by atoms with Gasteiger partial charge in [0.25, 0.3) is 0 Å². The van der Waals surface area contributed by atoms with E-state index >= 15 is 0 Å². The van der Waals surface area contributed by atoms with Crippen LogP contribution < -0.4 is 4.74 Å². The Kier molecular flexibility index (Phi) is 4.36. The van der Waals surface area contributed by atoms with Crippen molar-refractivity contribution in [2.75, 3.05) is 6.61 Å². The molecule has 1 aromatic heterocycles. The Bertz CT molecular complexity index is 516. The Hall–Kier alpha value is -1.77. The summed E-state index contributed by atoms with van der Waals surface area (Å²) >= 11 is 0. The zero-order valence-corrected chi connectivity index (χ0v) is 11.9. The number of hydrogen-bond donors (Lipinski definition) is 0. The van der Waals surface area contributed by atoms with Gasteiger partial charge in [-0.1, -0.05) is 37.5 Å². The van der Waals surface area contributed by atoms with Gasteiger partial charge in [-0.15, -0.1) is 0 Å². The minimum atomic E-state index is 0.688. The Morgan fingerprint density at radius 2 is 2.00 bits per heavy atom. The molecule has 1 aliphatic carbocycles. The number of aromatic nitrogens is 2. The number of imidazole rings is 1. The van der Waals surface area contributed by atoms with Crippen molar-refractivity contribution in [1.29, 1.82) is 0 Å². The van der Waals surface area contributed by atoms with Gasteiger partial charge in [0.05, 0.1) is 12.9 Å². The molecule has 1 aromatic carbocycles. The van der Waals surface area contributed by atoms with Crippen molar-refractivity contribution < 1.29 is 4.74 Å². The fraction of sp³-hybridized carbons (Fsp3) is 0.471. The highest BCUT2D eigenvalue weighted by molar-refractivity contribution is 5.36. The van der Waals surface area contributed by atoms with Crippen LogP contribution in [0, 0.1) is 0 Å². The molecule has 3 nitrogen and oxygen atoms in total. The zero-order valence-electron chi connectivity index (χ0n) is 11.9. The van der Waals surface area contributed by atoms with Crippen LogP contribution in [-0.4, -0.2) is 16.2 Å². The Labute approximate surface area is 120 Å². The minimum Gasteiger partial charge on any atom is -0.491 e. The van der Waals surface area contributed by atoms with Crippen molar-refractivity contribution in [2.24, 2.45) is 0 Å². The number of nitrogens with zero attached hydrogens (tertiary/aromatic N) is 2. The normalized spacial score (nSPS) is 16.2. The molecule has 106 valence electrons. The lowest BCUT2D eigenvalue weighted by atomic mass is 9.84. The van der Waals surface area contributed by atoms with Gasteiger partial charge >= 0.3 is 0 Å². The third kappa shape index (κ3) is 3.21. The van der Waals surface area contributed by atoms with Gasteiger partial charge in [0.2, 0.25) is 0 Å². The molecule has 3 rings (SSSR count). The molecule has 0 saturated heterocycles. The number of para-hydroxylation sites is 1. The maximum absolute atomic E-state index is 6.02. The highest BCUT2D eigenvalue weighted by Crippen LogP contribution is 2.37. The van der Waals surface area contributed by atoms with Gasteiger partial charge in [-0.05, 0) is 30.4 Å². The molecule has 0 aliphatic heterocycles. The van der Waals surface area contributed by atoms with E-state index in [1.807, 2.05) is 17.1 Å². The molecule has 0 radical (unpaired) electrons. The lowest BCUT2D eigenvalue weighted by Crippen LogP contribution is -2.10. The Balaban J connectivity index is 1.63. The van der Waals surface area contributed by atoms with Gasteiger partial charge in [0, 0.05) is 12.4 Å². The monoisotopic (exact) mass is 270 g/mol. The first-order valence-electron chi connectivity index (χ1n) is 7.61. The highest BCUT2D eigenvalue weighted by Gasteiger charge is 2.18. The Morgan fingerprint density at radius 3 is 2.80 bits per heavy atom. The molecular formula is C17H22N2O. The van der Waals surface area contributed by atoms with Gasteiger partial charge in [-0.25, -0.2) is 4.98 Å². The topological polar surface area (TPSA) is 27.1 Å². The van der Waals surface area contributed by atoms with Crippen molar-refractivity contribution >= 4 is 0 Å². The molecule has 2 aromatic rings. The van der Waals surface area contributed by atoms with E-state index in [1.54, 1.807) is 6.20 Å². The fourth-order valence-electron chi connectivity index (χ4n) is 3.04. The van der Waals surface area contributed by atoms with Crippen molar-refractivity contribution in [3.05, 3.63) is 48.5 Å². The van der Waals surface area contributed by atoms with Crippen LogP contribution in [0.15, 0.2) is 43.0 Å². The maximum atomic E-state index is 6.02. The summed E-state index contributed by atoms with van der Waals surface area (Å²) in [5.74, 6) is 1.76. The summed E-state index contributed by atoms with van der Waals surface area (Å²) in [6, 6.07) is 8.55. The number of rotatable bonds is 5. The molecule has 0 atom stereocenters. The molecule has 1 heterocycles. The van der Waals surface area contributed by atoms with E-state index in [4.69, 9.17) is 4.74 Å². The summed E-state index contributed by atoms with van der Waals surface area (Å²) < 4.78 is 8.06. The molecule has 0 amide bonds.